The summed E-state index contributed by atoms with van der Waals surface area (Å²) in [4.78, 5) is 20.0. The third-order valence-electron chi connectivity index (χ3n) is 4.71. The summed E-state index contributed by atoms with van der Waals surface area (Å²) in [6, 6.07) is 3.58. The molecule has 0 radical (unpaired) electrons. The van der Waals surface area contributed by atoms with E-state index in [-0.39, 0.29) is 25.0 Å². The van der Waals surface area contributed by atoms with Crippen LogP contribution in [0.2, 0.25) is 0 Å². The summed E-state index contributed by atoms with van der Waals surface area (Å²) in [5.74, 6) is 0.608. The highest BCUT2D eigenvalue weighted by molar-refractivity contribution is 7.90. The van der Waals surface area contributed by atoms with Gasteiger partial charge in [0.2, 0.25) is 10.0 Å². The van der Waals surface area contributed by atoms with Gasteiger partial charge in [-0.1, -0.05) is 12.8 Å². The summed E-state index contributed by atoms with van der Waals surface area (Å²) < 4.78 is 27.4. The van der Waals surface area contributed by atoms with Gasteiger partial charge >= 0.3 is 0 Å². The molecular weight excluding hydrogens is 328 g/mol. The van der Waals surface area contributed by atoms with E-state index in [2.05, 4.69) is 9.71 Å². The lowest BCUT2D eigenvalue weighted by Crippen LogP contribution is -2.60. The average Bonchev–Trinajstić information content (AvgIpc) is 2.97. The second-order valence-corrected chi connectivity index (χ2v) is 8.77. The highest BCUT2D eigenvalue weighted by Gasteiger charge is 2.41. The van der Waals surface area contributed by atoms with E-state index in [1.807, 2.05) is 19.0 Å². The molecule has 0 unspecified atom stereocenters. The maximum absolute atomic E-state index is 12.4. The average molecular weight is 352 g/mol. The molecule has 2 heterocycles. The Morgan fingerprint density at radius 1 is 1.25 bits per heavy atom. The number of pyridine rings is 1. The number of hydrogen-bond donors (Lipinski definition) is 1. The fraction of sp³-hybridized carbons (Fsp3) is 0.625. The predicted octanol–water partition coefficient (Wildman–Crippen LogP) is 0.834. The lowest BCUT2D eigenvalue weighted by Gasteiger charge is -2.39. The minimum Gasteiger partial charge on any atom is -0.363 e. The fourth-order valence-electron chi connectivity index (χ4n) is 3.13. The van der Waals surface area contributed by atoms with Crippen LogP contribution in [0.1, 0.15) is 36.0 Å². The van der Waals surface area contributed by atoms with Crippen LogP contribution in [0, 0.1) is 0 Å². The molecule has 8 heteroatoms. The van der Waals surface area contributed by atoms with Crippen LogP contribution < -0.4 is 9.62 Å². The number of sulfonamides is 1. The van der Waals surface area contributed by atoms with E-state index in [0.717, 1.165) is 31.5 Å². The van der Waals surface area contributed by atoms with Gasteiger partial charge in [-0.25, -0.2) is 18.1 Å². The van der Waals surface area contributed by atoms with Crippen LogP contribution >= 0.6 is 0 Å². The van der Waals surface area contributed by atoms with Gasteiger partial charge in [-0.15, -0.1) is 0 Å². The van der Waals surface area contributed by atoms with E-state index in [0.29, 0.717) is 5.56 Å². The zero-order valence-corrected chi connectivity index (χ0v) is 14.9. The van der Waals surface area contributed by atoms with Crippen LogP contribution in [0.3, 0.4) is 0 Å². The van der Waals surface area contributed by atoms with Gasteiger partial charge in [0.1, 0.15) is 11.1 Å². The molecule has 2 fully saturated rings. The summed E-state index contributed by atoms with van der Waals surface area (Å²) in [5.41, 5.74) is 0.486. The van der Waals surface area contributed by atoms with Gasteiger partial charge < -0.3 is 9.80 Å². The summed E-state index contributed by atoms with van der Waals surface area (Å²) >= 11 is 0. The molecule has 0 spiro atoms. The van der Waals surface area contributed by atoms with Crippen molar-refractivity contribution < 1.29 is 13.2 Å². The number of nitrogens with zero attached hydrogens (tertiary/aromatic N) is 3. The first-order valence-electron chi connectivity index (χ1n) is 8.30. The molecule has 1 saturated heterocycles. The van der Waals surface area contributed by atoms with E-state index in [1.54, 1.807) is 17.0 Å². The van der Waals surface area contributed by atoms with E-state index in [1.165, 1.54) is 6.20 Å². The lowest BCUT2D eigenvalue weighted by atomic mass is 10.1. The molecule has 0 bridgehead atoms. The molecule has 132 valence electrons. The lowest BCUT2D eigenvalue weighted by molar-refractivity contribution is 0.0657. The van der Waals surface area contributed by atoms with Gasteiger partial charge in [0.15, 0.2) is 0 Å². The Kier molecular flexibility index (Phi) is 4.78. The first-order chi connectivity index (χ1) is 11.4. The Labute approximate surface area is 143 Å². The van der Waals surface area contributed by atoms with Crippen LogP contribution in [0.25, 0.3) is 0 Å². The zero-order chi connectivity index (χ0) is 17.3. The van der Waals surface area contributed by atoms with Crippen LogP contribution in [0.15, 0.2) is 18.3 Å². The van der Waals surface area contributed by atoms with Gasteiger partial charge in [-0.05, 0) is 25.0 Å². The summed E-state index contributed by atoms with van der Waals surface area (Å²) in [5, 5.41) is -0.504. The van der Waals surface area contributed by atoms with Crippen LogP contribution in [-0.2, 0) is 10.0 Å². The normalized spacial score (nSPS) is 19.3. The molecule has 1 aliphatic heterocycles. The largest absolute Gasteiger partial charge is 0.363 e. The summed E-state index contributed by atoms with van der Waals surface area (Å²) in [7, 11) is 0.422. The fourth-order valence-corrected chi connectivity index (χ4v) is 4.78. The van der Waals surface area contributed by atoms with E-state index in [4.69, 9.17) is 0 Å². The minimum atomic E-state index is -3.34. The van der Waals surface area contributed by atoms with Crippen molar-refractivity contribution in [3.8, 4) is 0 Å². The zero-order valence-electron chi connectivity index (χ0n) is 14.1. The van der Waals surface area contributed by atoms with Gasteiger partial charge in [0.25, 0.3) is 5.91 Å². The number of rotatable bonds is 5. The molecular formula is C16H24N4O3S. The Bertz CT molecular complexity index is 691. The molecule has 1 aromatic rings. The molecule has 1 amide bonds. The number of carbonyl (C=O) groups excluding carboxylic acids is 1. The van der Waals surface area contributed by atoms with Crippen molar-refractivity contribution in [3.63, 3.8) is 0 Å². The quantitative estimate of drug-likeness (QED) is 0.849. The maximum Gasteiger partial charge on any atom is 0.255 e. The first kappa shape index (κ1) is 17.2. The molecule has 1 saturated carbocycles. The highest BCUT2D eigenvalue weighted by Crippen LogP contribution is 2.23. The molecule has 0 aromatic carbocycles. The van der Waals surface area contributed by atoms with Crippen molar-refractivity contribution >= 4 is 21.7 Å². The minimum absolute atomic E-state index is 0.0718. The van der Waals surface area contributed by atoms with E-state index < -0.39 is 15.3 Å². The van der Waals surface area contributed by atoms with E-state index >= 15 is 0 Å². The second-order valence-electron chi connectivity index (χ2n) is 6.78. The second kappa shape index (κ2) is 6.68. The maximum atomic E-state index is 12.4. The van der Waals surface area contributed by atoms with Crippen LogP contribution in [0.5, 0.6) is 0 Å². The number of likely N-dealkylation sites (tertiary alicyclic amines) is 1. The van der Waals surface area contributed by atoms with Crippen molar-refractivity contribution in [1.29, 1.82) is 0 Å². The summed E-state index contributed by atoms with van der Waals surface area (Å²) in [6.45, 7) is 0.493. The van der Waals surface area contributed by atoms with Gasteiger partial charge in [0.05, 0.1) is 5.56 Å². The molecule has 1 N–H and O–H groups in total. The van der Waals surface area contributed by atoms with Crippen molar-refractivity contribution in [1.82, 2.24) is 14.6 Å². The number of carbonyl (C=O) groups is 1. The predicted molar refractivity (Wildman–Crippen MR) is 92.6 cm³/mol. The number of amides is 1. The molecule has 1 aromatic heterocycles. The third-order valence-corrected chi connectivity index (χ3v) is 6.55. The topological polar surface area (TPSA) is 82.6 Å². The Morgan fingerprint density at radius 3 is 2.46 bits per heavy atom. The number of hydrogen-bond acceptors (Lipinski definition) is 5. The SMILES string of the molecule is CN(C)c1ccc(C(=O)N2CC(S(=O)(=O)NC3CCCC3)C2)cn1. The van der Waals surface area contributed by atoms with Gasteiger partial charge in [0, 0.05) is 39.4 Å². The van der Waals surface area contributed by atoms with E-state index in [9.17, 15) is 13.2 Å². The molecule has 1 aliphatic carbocycles. The Morgan fingerprint density at radius 2 is 1.92 bits per heavy atom. The molecule has 2 aliphatic rings. The van der Waals surface area contributed by atoms with Crippen molar-refractivity contribution in [2.45, 2.75) is 37.0 Å². The first-order valence-corrected chi connectivity index (χ1v) is 9.85. The van der Waals surface area contributed by atoms with Gasteiger partial charge in [-0.2, -0.15) is 0 Å². The number of nitrogens with one attached hydrogen (secondary N) is 1. The molecule has 24 heavy (non-hydrogen) atoms. The van der Waals surface area contributed by atoms with Crippen molar-refractivity contribution in [3.05, 3.63) is 23.9 Å². The molecule has 3 rings (SSSR count). The van der Waals surface area contributed by atoms with Crippen LogP contribution in [0.4, 0.5) is 5.82 Å². The monoisotopic (exact) mass is 352 g/mol. The van der Waals surface area contributed by atoms with Crippen molar-refractivity contribution in [2.75, 3.05) is 32.1 Å². The van der Waals surface area contributed by atoms with Crippen LogP contribution in [-0.4, -0.2) is 62.7 Å². The molecule has 7 nitrogen and oxygen atoms in total. The highest BCUT2D eigenvalue weighted by atomic mass is 32.2. The standard InChI is InChI=1S/C16H24N4O3S/c1-19(2)15-8-7-12(9-17-15)16(21)20-10-14(11-20)24(22,23)18-13-5-3-4-6-13/h7-9,13-14,18H,3-6,10-11H2,1-2H3. The van der Waals surface area contributed by atoms with Crippen molar-refractivity contribution in [2.24, 2.45) is 0 Å². The third kappa shape index (κ3) is 3.54. The number of anilines is 1. The Hall–Kier alpha value is -1.67. The van der Waals surface area contributed by atoms with Gasteiger partial charge in [-0.3, -0.25) is 4.79 Å². The number of aromatic nitrogens is 1. The Balaban J connectivity index is 1.56. The molecule has 0 atom stereocenters. The smallest absolute Gasteiger partial charge is 0.255 e. The summed E-state index contributed by atoms with van der Waals surface area (Å²) in [6.07, 6.45) is 5.53.